The van der Waals surface area contributed by atoms with Gasteiger partial charge in [-0.05, 0) is 51.4 Å². The number of nitrogens with zero attached hydrogens (tertiary/aromatic N) is 1. The Morgan fingerprint density at radius 2 is 0.914 bits per heavy atom. The molecule has 0 heterocycles. The molecule has 0 radical (unpaired) electrons. The van der Waals surface area contributed by atoms with Crippen LogP contribution in [0.4, 0.5) is 0 Å². The van der Waals surface area contributed by atoms with Crippen LogP contribution in [0.2, 0.25) is 0 Å². The molecular formula is C50H73NO7. The summed E-state index contributed by atoms with van der Waals surface area (Å²) in [6.07, 6.45) is 57.2. The lowest BCUT2D eigenvalue weighted by atomic mass is 10.1. The first-order chi connectivity index (χ1) is 28.1. The molecular weight excluding hydrogens is 727 g/mol. The summed E-state index contributed by atoms with van der Waals surface area (Å²) in [5.74, 6) is -1.88. The monoisotopic (exact) mass is 800 g/mol. The summed E-state index contributed by atoms with van der Waals surface area (Å²) >= 11 is 0. The number of carboxylic acid groups (broad SMARTS) is 1. The van der Waals surface area contributed by atoms with Crippen LogP contribution in [0.15, 0.2) is 146 Å². The molecule has 0 aromatic rings. The molecule has 0 aliphatic heterocycles. The van der Waals surface area contributed by atoms with Crippen molar-refractivity contribution in [1.29, 1.82) is 0 Å². The van der Waals surface area contributed by atoms with Crippen LogP contribution in [0.1, 0.15) is 97.3 Å². The summed E-state index contributed by atoms with van der Waals surface area (Å²) in [6.45, 7) is 4.22. The molecule has 0 aromatic heterocycles. The Bertz CT molecular complexity index is 1440. The van der Waals surface area contributed by atoms with Crippen molar-refractivity contribution in [3.8, 4) is 0 Å². The SMILES string of the molecule is CC/C=C/C=C/C=C/C=C/C=C/C=C/CCCCCC(=O)OCC(COCCC(C(=O)[O-])[N+](C)(C)C)OC(=O)CCCCC/C=C/C=C/C=C/C=C/C=C/C=C/CC. The van der Waals surface area contributed by atoms with E-state index in [1.54, 1.807) is 21.1 Å². The molecule has 0 aromatic carbocycles. The lowest BCUT2D eigenvalue weighted by Crippen LogP contribution is -2.55. The zero-order valence-corrected chi connectivity index (χ0v) is 36.1. The number of hydrogen-bond acceptors (Lipinski definition) is 7. The second-order valence-corrected chi connectivity index (χ2v) is 14.4. The first-order valence-corrected chi connectivity index (χ1v) is 21.0. The number of unbranched alkanes of at least 4 members (excludes halogenated alkanes) is 6. The van der Waals surface area contributed by atoms with Crippen LogP contribution in [-0.4, -0.2) is 75.5 Å². The number of hydrogen-bond donors (Lipinski definition) is 0. The van der Waals surface area contributed by atoms with Gasteiger partial charge in [0.2, 0.25) is 0 Å². The Hall–Kier alpha value is -4.79. The fourth-order valence-electron chi connectivity index (χ4n) is 5.07. The molecule has 0 saturated heterocycles. The highest BCUT2D eigenvalue weighted by molar-refractivity contribution is 5.70. The van der Waals surface area contributed by atoms with Crippen molar-refractivity contribution < 1.29 is 38.2 Å². The highest BCUT2D eigenvalue weighted by atomic mass is 16.6. The van der Waals surface area contributed by atoms with Crippen LogP contribution >= 0.6 is 0 Å². The summed E-state index contributed by atoms with van der Waals surface area (Å²) in [5, 5.41) is 11.6. The number of rotatable bonds is 34. The van der Waals surface area contributed by atoms with Gasteiger partial charge in [-0.15, -0.1) is 0 Å². The molecule has 0 N–H and O–H groups in total. The lowest BCUT2D eigenvalue weighted by molar-refractivity contribution is -0.889. The van der Waals surface area contributed by atoms with Crippen LogP contribution in [0.3, 0.4) is 0 Å². The Morgan fingerprint density at radius 3 is 1.31 bits per heavy atom. The molecule has 0 saturated carbocycles. The number of ether oxygens (including phenoxy) is 3. The van der Waals surface area contributed by atoms with Crippen molar-refractivity contribution in [2.45, 2.75) is 109 Å². The minimum Gasteiger partial charge on any atom is -0.544 e. The highest BCUT2D eigenvalue weighted by Gasteiger charge is 2.25. The molecule has 0 bridgehead atoms. The number of likely N-dealkylation sites (N-methyl/N-ethyl adjacent to an activating group) is 1. The normalized spacial score (nSPS) is 14.4. The van der Waals surface area contributed by atoms with E-state index in [1.807, 2.05) is 122 Å². The molecule has 8 nitrogen and oxygen atoms in total. The van der Waals surface area contributed by atoms with Gasteiger partial charge in [-0.25, -0.2) is 0 Å². The topological polar surface area (TPSA) is 102 Å². The number of aliphatic carboxylic acids is 1. The zero-order chi connectivity index (χ0) is 42.8. The first-order valence-electron chi connectivity index (χ1n) is 21.0. The van der Waals surface area contributed by atoms with Crippen LogP contribution < -0.4 is 5.11 Å². The maximum Gasteiger partial charge on any atom is 0.306 e. The summed E-state index contributed by atoms with van der Waals surface area (Å²) in [7, 11) is 5.35. The molecule has 0 aliphatic rings. The van der Waals surface area contributed by atoms with E-state index in [0.717, 1.165) is 51.4 Å². The van der Waals surface area contributed by atoms with E-state index in [-0.39, 0.29) is 55.5 Å². The number of carbonyl (C=O) groups excluding carboxylic acids is 3. The van der Waals surface area contributed by atoms with E-state index < -0.39 is 18.1 Å². The maximum absolute atomic E-state index is 12.7. The molecule has 2 atom stereocenters. The molecule has 58 heavy (non-hydrogen) atoms. The van der Waals surface area contributed by atoms with Crippen molar-refractivity contribution >= 4 is 17.9 Å². The van der Waals surface area contributed by atoms with Gasteiger partial charge in [0.15, 0.2) is 6.10 Å². The summed E-state index contributed by atoms with van der Waals surface area (Å²) in [4.78, 5) is 36.8. The Balaban J connectivity index is 4.61. The molecule has 0 aliphatic carbocycles. The number of esters is 2. The number of carbonyl (C=O) groups is 3. The lowest BCUT2D eigenvalue weighted by Gasteiger charge is -2.34. The van der Waals surface area contributed by atoms with Gasteiger partial charge in [-0.1, -0.05) is 173 Å². The van der Waals surface area contributed by atoms with Crippen LogP contribution in [-0.2, 0) is 28.6 Å². The van der Waals surface area contributed by atoms with Gasteiger partial charge in [0, 0.05) is 19.3 Å². The van der Waals surface area contributed by atoms with E-state index in [4.69, 9.17) is 14.2 Å². The fraction of sp³-hybridized carbons (Fsp3) is 0.460. The van der Waals surface area contributed by atoms with Crippen molar-refractivity contribution in [2.75, 3.05) is 41.0 Å². The minimum atomic E-state index is -1.15. The molecule has 2 unspecified atom stereocenters. The van der Waals surface area contributed by atoms with Crippen molar-refractivity contribution in [3.63, 3.8) is 0 Å². The van der Waals surface area contributed by atoms with Gasteiger partial charge in [-0.3, -0.25) is 9.59 Å². The number of carboxylic acids is 1. The average molecular weight is 800 g/mol. The third-order valence-electron chi connectivity index (χ3n) is 8.29. The summed E-state index contributed by atoms with van der Waals surface area (Å²) < 4.78 is 17.0. The molecule has 0 amide bonds. The van der Waals surface area contributed by atoms with Gasteiger partial charge in [0.1, 0.15) is 12.6 Å². The van der Waals surface area contributed by atoms with Gasteiger partial charge in [0.05, 0.1) is 40.3 Å². The average Bonchev–Trinajstić information content (AvgIpc) is 3.18. The minimum absolute atomic E-state index is 0.00499. The predicted molar refractivity (Wildman–Crippen MR) is 240 cm³/mol. The van der Waals surface area contributed by atoms with Crippen LogP contribution in [0.25, 0.3) is 0 Å². The second kappa shape index (κ2) is 39.1. The number of quaternary nitrogens is 1. The smallest absolute Gasteiger partial charge is 0.306 e. The fourth-order valence-corrected chi connectivity index (χ4v) is 5.07. The van der Waals surface area contributed by atoms with E-state index >= 15 is 0 Å². The van der Waals surface area contributed by atoms with Crippen molar-refractivity contribution in [1.82, 2.24) is 0 Å². The number of allylic oxidation sites excluding steroid dienone is 24. The van der Waals surface area contributed by atoms with E-state index in [9.17, 15) is 19.5 Å². The third-order valence-corrected chi connectivity index (χ3v) is 8.29. The van der Waals surface area contributed by atoms with Crippen LogP contribution in [0, 0.1) is 0 Å². The van der Waals surface area contributed by atoms with Gasteiger partial charge >= 0.3 is 11.9 Å². The van der Waals surface area contributed by atoms with Gasteiger partial charge in [0.25, 0.3) is 0 Å². The quantitative estimate of drug-likeness (QED) is 0.0276. The Kier molecular flexibility index (Phi) is 35.8. The van der Waals surface area contributed by atoms with E-state index in [1.165, 1.54) is 0 Å². The Morgan fingerprint density at radius 1 is 0.517 bits per heavy atom. The molecule has 8 heteroatoms. The van der Waals surface area contributed by atoms with Crippen molar-refractivity contribution in [3.05, 3.63) is 146 Å². The zero-order valence-electron chi connectivity index (χ0n) is 36.1. The van der Waals surface area contributed by atoms with Crippen LogP contribution in [0.5, 0.6) is 0 Å². The van der Waals surface area contributed by atoms with Gasteiger partial charge in [-0.2, -0.15) is 0 Å². The van der Waals surface area contributed by atoms with E-state index in [2.05, 4.69) is 38.2 Å². The summed E-state index contributed by atoms with van der Waals surface area (Å²) in [6, 6.07) is -0.752. The largest absolute Gasteiger partial charge is 0.544 e. The maximum atomic E-state index is 12.7. The molecule has 0 fully saturated rings. The molecule has 0 spiro atoms. The molecule has 320 valence electrons. The summed E-state index contributed by atoms with van der Waals surface area (Å²) in [5.41, 5.74) is 0. The third kappa shape index (κ3) is 36.8. The highest BCUT2D eigenvalue weighted by Crippen LogP contribution is 2.11. The van der Waals surface area contributed by atoms with Crippen molar-refractivity contribution in [2.24, 2.45) is 0 Å². The standard InChI is InChI=1S/C50H73NO7/c1-6-8-10-12-14-16-18-20-22-24-26-28-30-32-34-36-38-40-48(52)57-45-46(44-56-43-42-47(50(54)55)51(3,4)5)58-49(53)41-39-37-35-33-31-29-27-25-23-21-19-17-15-13-11-9-7-2/h8-31,46-47H,6-7,32-45H2,1-5H3/b10-8+,11-9+,14-12+,15-13+,18-16+,19-17+,22-20+,23-21+,26-24+,27-25+,30-28+,31-29+. The van der Waals surface area contributed by atoms with Gasteiger partial charge < -0.3 is 28.6 Å². The first kappa shape index (κ1) is 53.2. The predicted octanol–water partition coefficient (Wildman–Crippen LogP) is 10.1. The second-order valence-electron chi connectivity index (χ2n) is 14.4. The molecule has 0 rings (SSSR count). The van der Waals surface area contributed by atoms with E-state index in [0.29, 0.717) is 12.8 Å². The Labute approximate surface area is 351 Å².